The highest BCUT2D eigenvalue weighted by molar-refractivity contribution is 7.79. The fraction of sp³-hybridized carbons (Fsp3) is 0.222. The zero-order valence-electron chi connectivity index (χ0n) is 7.48. The molecule has 2 rings (SSSR count). The maximum atomic E-state index is 11.3. The largest absolute Gasteiger partial charge is 0.325 e. The molecule has 0 spiro atoms. The predicted octanol–water partition coefficient (Wildman–Crippen LogP) is 1.32. The van der Waals surface area contributed by atoms with Gasteiger partial charge in [0.15, 0.2) is 11.1 Å². The van der Waals surface area contributed by atoms with Crippen LogP contribution in [0.2, 0.25) is 0 Å². The van der Waals surface area contributed by atoms with Gasteiger partial charge in [-0.15, -0.1) is 0 Å². The van der Waals surface area contributed by atoms with Crippen LogP contribution in [0.25, 0.3) is 0 Å². The van der Waals surface area contributed by atoms with Crippen LogP contribution in [0, 0.1) is 0 Å². The molecular weight excluding hydrogens is 202 g/mol. The van der Waals surface area contributed by atoms with Crippen molar-refractivity contribution in [2.75, 3.05) is 5.32 Å². The number of hydrogen-bond acceptors (Lipinski definition) is 2. The predicted molar refractivity (Wildman–Crippen MR) is 52.5 cm³/mol. The molecule has 0 aliphatic carbocycles. The van der Waals surface area contributed by atoms with Gasteiger partial charge in [-0.3, -0.25) is 4.79 Å². The third-order valence-corrected chi connectivity index (χ3v) is 3.00. The van der Waals surface area contributed by atoms with Gasteiger partial charge >= 0.3 is 0 Å². The highest BCUT2D eigenvalue weighted by Crippen LogP contribution is 2.33. The summed E-state index contributed by atoms with van der Waals surface area (Å²) in [5.74, 6) is -0.311. The highest BCUT2D eigenvalue weighted by Gasteiger charge is 2.26. The topological polar surface area (TPSA) is 66.4 Å². The fourth-order valence-corrected chi connectivity index (χ4v) is 1.92. The highest BCUT2D eigenvalue weighted by atomic mass is 32.2. The molecule has 0 fully saturated rings. The summed E-state index contributed by atoms with van der Waals surface area (Å²) < 4.78 is 19.7. The molecule has 74 valence electrons. The zero-order valence-corrected chi connectivity index (χ0v) is 8.30. The van der Waals surface area contributed by atoms with Crippen molar-refractivity contribution in [3.05, 3.63) is 23.8 Å². The van der Waals surface area contributed by atoms with E-state index in [0.29, 0.717) is 4.90 Å². The van der Waals surface area contributed by atoms with Crippen LogP contribution in [0.1, 0.15) is 18.4 Å². The lowest BCUT2D eigenvalue weighted by atomic mass is 10.0. The summed E-state index contributed by atoms with van der Waals surface area (Å²) in [5, 5.41) is 2.69. The molecule has 0 radical (unpaired) electrons. The van der Waals surface area contributed by atoms with E-state index in [1.807, 2.05) is 0 Å². The summed E-state index contributed by atoms with van der Waals surface area (Å²) in [5.41, 5.74) is 1.52. The first-order valence-corrected chi connectivity index (χ1v) is 5.26. The number of carbonyl (C=O) groups excluding carboxylic acids is 1. The Kier molecular flexibility index (Phi) is 2.13. The second-order valence-electron chi connectivity index (χ2n) is 3.21. The maximum absolute atomic E-state index is 11.3. The van der Waals surface area contributed by atoms with E-state index >= 15 is 0 Å². The lowest BCUT2D eigenvalue weighted by Crippen LogP contribution is -2.08. The Bertz CT molecular complexity index is 430. The molecule has 1 aliphatic rings. The van der Waals surface area contributed by atoms with Gasteiger partial charge in [-0.25, -0.2) is 4.21 Å². The number of amides is 1. The second kappa shape index (κ2) is 3.18. The van der Waals surface area contributed by atoms with Gasteiger partial charge in [0.05, 0.1) is 10.8 Å². The molecule has 14 heavy (non-hydrogen) atoms. The minimum absolute atomic E-state index is 0.0686. The number of nitrogens with one attached hydrogen (secondary N) is 1. The Morgan fingerprint density at radius 2 is 2.21 bits per heavy atom. The van der Waals surface area contributed by atoms with E-state index in [2.05, 4.69) is 5.32 Å². The van der Waals surface area contributed by atoms with Crippen molar-refractivity contribution in [2.24, 2.45) is 0 Å². The van der Waals surface area contributed by atoms with E-state index in [-0.39, 0.29) is 11.8 Å². The van der Waals surface area contributed by atoms with Crippen LogP contribution in [-0.2, 0) is 15.9 Å². The Balaban J connectivity index is 2.51. The van der Waals surface area contributed by atoms with Gasteiger partial charge in [0.2, 0.25) is 5.91 Å². The number of anilines is 1. The van der Waals surface area contributed by atoms with Crippen molar-refractivity contribution in [3.8, 4) is 0 Å². The minimum atomic E-state index is -1.99. The minimum Gasteiger partial charge on any atom is -0.325 e. The standard InChI is InChI=1S/C9H9NO3S/c1-5-7-4-6(14(12)13)2-3-8(7)10-9(5)11/h2-5H,1H3,(H,10,11)(H,12,13). The van der Waals surface area contributed by atoms with Crippen molar-refractivity contribution < 1.29 is 13.6 Å². The quantitative estimate of drug-likeness (QED) is 0.688. The summed E-state index contributed by atoms with van der Waals surface area (Å²) in [6, 6.07) is 4.78. The van der Waals surface area contributed by atoms with Crippen molar-refractivity contribution in [2.45, 2.75) is 17.7 Å². The maximum Gasteiger partial charge on any atom is 0.231 e. The number of benzene rings is 1. The molecule has 0 saturated heterocycles. The van der Waals surface area contributed by atoms with Crippen molar-refractivity contribution in [1.82, 2.24) is 0 Å². The van der Waals surface area contributed by atoms with Crippen LogP contribution in [0.4, 0.5) is 5.69 Å². The molecule has 1 aromatic carbocycles. The summed E-state index contributed by atoms with van der Waals surface area (Å²) >= 11 is -1.99. The number of fused-ring (bicyclic) bond motifs is 1. The van der Waals surface area contributed by atoms with Crippen molar-refractivity contribution in [1.29, 1.82) is 0 Å². The lowest BCUT2D eigenvalue weighted by Gasteiger charge is -2.02. The van der Waals surface area contributed by atoms with Crippen molar-refractivity contribution in [3.63, 3.8) is 0 Å². The summed E-state index contributed by atoms with van der Waals surface area (Å²) in [4.78, 5) is 11.6. The number of hydrogen-bond donors (Lipinski definition) is 2. The fourth-order valence-electron chi connectivity index (χ4n) is 1.50. The zero-order chi connectivity index (χ0) is 10.3. The van der Waals surface area contributed by atoms with Crippen LogP contribution >= 0.6 is 0 Å². The molecule has 0 bridgehead atoms. The average Bonchev–Trinajstić information content (AvgIpc) is 2.43. The monoisotopic (exact) mass is 211 g/mol. The molecule has 4 nitrogen and oxygen atoms in total. The van der Waals surface area contributed by atoms with E-state index in [1.165, 1.54) is 6.07 Å². The lowest BCUT2D eigenvalue weighted by molar-refractivity contribution is -0.116. The SMILES string of the molecule is CC1C(=O)Nc2ccc(S(=O)O)cc21. The third-order valence-electron chi connectivity index (χ3n) is 2.34. The van der Waals surface area contributed by atoms with Crippen LogP contribution in [0.5, 0.6) is 0 Å². The first-order valence-electron chi connectivity index (χ1n) is 4.15. The van der Waals surface area contributed by atoms with Crippen LogP contribution in [-0.4, -0.2) is 14.7 Å². The summed E-state index contributed by atoms with van der Waals surface area (Å²) in [6.45, 7) is 1.77. The first kappa shape index (κ1) is 9.36. The third kappa shape index (κ3) is 1.34. The Hall–Kier alpha value is -1.20. The molecule has 2 N–H and O–H groups in total. The molecule has 0 saturated carbocycles. The van der Waals surface area contributed by atoms with Gasteiger partial charge < -0.3 is 9.87 Å². The summed E-state index contributed by atoms with van der Waals surface area (Å²) in [7, 11) is 0. The molecule has 5 heteroatoms. The molecule has 1 aromatic rings. The summed E-state index contributed by atoms with van der Waals surface area (Å²) in [6.07, 6.45) is 0. The second-order valence-corrected chi connectivity index (χ2v) is 4.18. The van der Waals surface area contributed by atoms with Gasteiger partial charge in [0.25, 0.3) is 0 Å². The van der Waals surface area contributed by atoms with Crippen LogP contribution in [0.15, 0.2) is 23.1 Å². The number of carbonyl (C=O) groups is 1. The smallest absolute Gasteiger partial charge is 0.231 e. The van der Waals surface area contributed by atoms with E-state index in [1.54, 1.807) is 19.1 Å². The van der Waals surface area contributed by atoms with Gasteiger partial charge in [-0.05, 0) is 30.7 Å². The average molecular weight is 211 g/mol. The molecular formula is C9H9NO3S. The number of rotatable bonds is 1. The Morgan fingerprint density at radius 1 is 1.50 bits per heavy atom. The van der Waals surface area contributed by atoms with Crippen LogP contribution < -0.4 is 5.32 Å². The molecule has 2 unspecified atom stereocenters. The van der Waals surface area contributed by atoms with Crippen molar-refractivity contribution >= 4 is 22.7 Å². The van der Waals surface area contributed by atoms with Crippen LogP contribution in [0.3, 0.4) is 0 Å². The molecule has 2 atom stereocenters. The molecule has 1 amide bonds. The van der Waals surface area contributed by atoms with E-state index in [9.17, 15) is 9.00 Å². The van der Waals surface area contributed by atoms with E-state index in [0.717, 1.165) is 11.3 Å². The van der Waals surface area contributed by atoms with Gasteiger partial charge in [0.1, 0.15) is 0 Å². The Labute approximate surface area is 83.6 Å². The molecule has 1 aliphatic heterocycles. The van der Waals surface area contributed by atoms with E-state index < -0.39 is 11.1 Å². The normalized spacial score (nSPS) is 21.6. The van der Waals surface area contributed by atoms with E-state index in [4.69, 9.17) is 4.55 Å². The first-order chi connectivity index (χ1) is 6.59. The van der Waals surface area contributed by atoms with Gasteiger partial charge in [-0.2, -0.15) is 0 Å². The molecule has 1 heterocycles. The Morgan fingerprint density at radius 3 is 2.86 bits per heavy atom. The van der Waals surface area contributed by atoms with Gasteiger partial charge in [-0.1, -0.05) is 0 Å². The molecule has 0 aromatic heterocycles. The van der Waals surface area contributed by atoms with Gasteiger partial charge in [0, 0.05) is 5.69 Å².